The van der Waals surface area contributed by atoms with E-state index in [1.807, 2.05) is 12.1 Å². The number of aryl methyl sites for hydroxylation is 1. The van der Waals surface area contributed by atoms with Crippen LogP contribution < -0.4 is 0 Å². The quantitative estimate of drug-likeness (QED) is 0.807. The Bertz CT molecular complexity index is 479. The van der Waals surface area contributed by atoms with Crippen LogP contribution in [-0.4, -0.2) is 10.8 Å². The predicted octanol–water partition coefficient (Wildman–Crippen LogP) is 3.25. The highest BCUT2D eigenvalue weighted by atomic mass is 79.9. The van der Waals surface area contributed by atoms with Crippen LogP contribution in [0.2, 0.25) is 0 Å². The van der Waals surface area contributed by atoms with Crippen molar-refractivity contribution >= 4 is 21.7 Å². The molecule has 0 spiro atoms. The predicted molar refractivity (Wildman–Crippen MR) is 63.3 cm³/mol. The summed E-state index contributed by atoms with van der Waals surface area (Å²) in [7, 11) is 0. The van der Waals surface area contributed by atoms with Gasteiger partial charge in [-0.1, -0.05) is 0 Å². The maximum absolute atomic E-state index is 11.8. The molecule has 2 aromatic rings. The summed E-state index contributed by atoms with van der Waals surface area (Å²) in [5.41, 5.74) is 1.10. The van der Waals surface area contributed by atoms with E-state index in [2.05, 4.69) is 20.9 Å². The van der Waals surface area contributed by atoms with Crippen LogP contribution in [0.3, 0.4) is 0 Å². The van der Waals surface area contributed by atoms with Gasteiger partial charge in [-0.2, -0.15) is 0 Å². The van der Waals surface area contributed by atoms with Crippen LogP contribution in [0, 0.1) is 0 Å². The molecule has 0 aliphatic rings. The molecule has 2 aromatic heterocycles. The van der Waals surface area contributed by atoms with Crippen molar-refractivity contribution in [2.45, 2.75) is 12.8 Å². The second-order valence-electron chi connectivity index (χ2n) is 3.38. The van der Waals surface area contributed by atoms with Crippen LogP contribution in [0.4, 0.5) is 0 Å². The normalized spacial score (nSPS) is 10.3. The average molecular weight is 280 g/mol. The molecular formula is C12H10BrNO2. The SMILES string of the molecule is O=C(CCc1ccncc1)c1occc1Br. The molecule has 0 aliphatic heterocycles. The van der Waals surface area contributed by atoms with E-state index in [-0.39, 0.29) is 5.78 Å². The zero-order valence-electron chi connectivity index (χ0n) is 8.52. The van der Waals surface area contributed by atoms with Crippen molar-refractivity contribution in [1.29, 1.82) is 0 Å². The fraction of sp³-hybridized carbons (Fsp3) is 0.167. The summed E-state index contributed by atoms with van der Waals surface area (Å²) in [6.07, 6.45) is 6.10. The first-order chi connectivity index (χ1) is 7.77. The summed E-state index contributed by atoms with van der Waals surface area (Å²) in [6, 6.07) is 5.54. The van der Waals surface area contributed by atoms with E-state index < -0.39 is 0 Å². The molecule has 0 atom stereocenters. The summed E-state index contributed by atoms with van der Waals surface area (Å²) in [5.74, 6) is 0.405. The lowest BCUT2D eigenvalue weighted by Gasteiger charge is -1.99. The van der Waals surface area contributed by atoms with Gasteiger partial charge in [0.2, 0.25) is 0 Å². The highest BCUT2D eigenvalue weighted by Gasteiger charge is 2.13. The van der Waals surface area contributed by atoms with Crippen LogP contribution in [0.5, 0.6) is 0 Å². The topological polar surface area (TPSA) is 43.1 Å². The van der Waals surface area contributed by atoms with Gasteiger partial charge >= 0.3 is 0 Å². The summed E-state index contributed by atoms with van der Waals surface area (Å²) in [6.45, 7) is 0. The first kappa shape index (κ1) is 11.1. The van der Waals surface area contributed by atoms with E-state index in [4.69, 9.17) is 4.42 Å². The third kappa shape index (κ3) is 2.58. The maximum atomic E-state index is 11.8. The van der Waals surface area contributed by atoms with Crippen molar-refractivity contribution in [1.82, 2.24) is 4.98 Å². The number of hydrogen-bond acceptors (Lipinski definition) is 3. The van der Waals surface area contributed by atoms with Crippen molar-refractivity contribution in [2.75, 3.05) is 0 Å². The zero-order valence-corrected chi connectivity index (χ0v) is 10.1. The van der Waals surface area contributed by atoms with Crippen LogP contribution in [0.25, 0.3) is 0 Å². The van der Waals surface area contributed by atoms with Gasteiger partial charge in [0.05, 0.1) is 10.7 Å². The van der Waals surface area contributed by atoms with Crippen LogP contribution in [0.15, 0.2) is 45.7 Å². The lowest BCUT2D eigenvalue weighted by molar-refractivity contribution is 0.0955. The monoisotopic (exact) mass is 279 g/mol. The van der Waals surface area contributed by atoms with Gasteiger partial charge in [-0.05, 0) is 46.1 Å². The molecule has 2 heterocycles. The van der Waals surface area contributed by atoms with E-state index >= 15 is 0 Å². The molecular weight excluding hydrogens is 270 g/mol. The highest BCUT2D eigenvalue weighted by molar-refractivity contribution is 9.10. The Morgan fingerprint density at radius 3 is 2.69 bits per heavy atom. The van der Waals surface area contributed by atoms with Gasteiger partial charge in [0.15, 0.2) is 11.5 Å². The first-order valence-electron chi connectivity index (χ1n) is 4.92. The van der Waals surface area contributed by atoms with Crippen molar-refractivity contribution in [3.8, 4) is 0 Å². The summed E-state index contributed by atoms with van der Waals surface area (Å²) in [5, 5.41) is 0. The summed E-state index contributed by atoms with van der Waals surface area (Å²) < 4.78 is 5.82. The van der Waals surface area contributed by atoms with Gasteiger partial charge in [0.1, 0.15) is 0 Å². The molecule has 0 bridgehead atoms. The van der Waals surface area contributed by atoms with Gasteiger partial charge in [-0.25, -0.2) is 0 Å². The van der Waals surface area contributed by atoms with Gasteiger partial charge in [-0.3, -0.25) is 9.78 Å². The van der Waals surface area contributed by atoms with E-state index in [1.54, 1.807) is 18.5 Å². The fourth-order valence-electron chi connectivity index (χ4n) is 1.41. The number of Topliss-reactive ketones (excluding diaryl/α,β-unsaturated/α-hetero) is 1. The third-order valence-electron chi connectivity index (χ3n) is 2.26. The van der Waals surface area contributed by atoms with E-state index in [9.17, 15) is 4.79 Å². The van der Waals surface area contributed by atoms with Gasteiger partial charge in [0, 0.05) is 18.8 Å². The van der Waals surface area contributed by atoms with Gasteiger partial charge in [-0.15, -0.1) is 0 Å². The van der Waals surface area contributed by atoms with E-state index in [0.717, 1.165) is 5.56 Å². The molecule has 0 aliphatic carbocycles. The summed E-state index contributed by atoms with van der Waals surface area (Å²) >= 11 is 3.27. The fourth-order valence-corrected chi connectivity index (χ4v) is 1.84. The first-order valence-corrected chi connectivity index (χ1v) is 5.72. The number of ketones is 1. The lowest BCUT2D eigenvalue weighted by Crippen LogP contribution is -2.00. The van der Waals surface area contributed by atoms with Crippen LogP contribution >= 0.6 is 15.9 Å². The number of carbonyl (C=O) groups excluding carboxylic acids is 1. The Balaban J connectivity index is 1.97. The molecule has 0 amide bonds. The Morgan fingerprint density at radius 2 is 2.06 bits per heavy atom. The molecule has 0 fully saturated rings. The number of nitrogens with zero attached hydrogens (tertiary/aromatic N) is 1. The summed E-state index contributed by atoms with van der Waals surface area (Å²) in [4.78, 5) is 15.7. The van der Waals surface area contributed by atoms with E-state index in [1.165, 1.54) is 6.26 Å². The Hall–Kier alpha value is -1.42. The van der Waals surface area contributed by atoms with Crippen LogP contribution in [0.1, 0.15) is 22.5 Å². The molecule has 0 N–H and O–H groups in total. The molecule has 0 saturated carbocycles. The Morgan fingerprint density at radius 1 is 1.31 bits per heavy atom. The molecule has 82 valence electrons. The third-order valence-corrected chi connectivity index (χ3v) is 2.88. The Labute approximate surface area is 102 Å². The smallest absolute Gasteiger partial charge is 0.199 e. The number of halogens is 1. The zero-order chi connectivity index (χ0) is 11.4. The number of pyridine rings is 1. The second-order valence-corrected chi connectivity index (χ2v) is 4.23. The molecule has 0 aromatic carbocycles. The number of rotatable bonds is 4. The molecule has 3 nitrogen and oxygen atoms in total. The van der Waals surface area contributed by atoms with Crippen molar-refractivity contribution < 1.29 is 9.21 Å². The van der Waals surface area contributed by atoms with Crippen molar-refractivity contribution in [2.24, 2.45) is 0 Å². The highest BCUT2D eigenvalue weighted by Crippen LogP contribution is 2.19. The molecule has 16 heavy (non-hydrogen) atoms. The largest absolute Gasteiger partial charge is 0.460 e. The lowest BCUT2D eigenvalue weighted by atomic mass is 10.1. The molecule has 0 radical (unpaired) electrons. The molecule has 0 saturated heterocycles. The number of furan rings is 1. The maximum Gasteiger partial charge on any atom is 0.199 e. The standard InChI is InChI=1S/C12H10BrNO2/c13-10-5-8-16-12(10)11(15)2-1-9-3-6-14-7-4-9/h3-8H,1-2H2. The molecule has 0 unspecified atom stereocenters. The number of aromatic nitrogens is 1. The van der Waals surface area contributed by atoms with E-state index in [0.29, 0.717) is 23.1 Å². The number of hydrogen-bond donors (Lipinski definition) is 0. The van der Waals surface area contributed by atoms with Crippen molar-refractivity contribution in [3.63, 3.8) is 0 Å². The van der Waals surface area contributed by atoms with Crippen molar-refractivity contribution in [3.05, 3.63) is 52.7 Å². The molecule has 2 rings (SSSR count). The minimum absolute atomic E-state index is 0.00804. The van der Waals surface area contributed by atoms with Gasteiger partial charge < -0.3 is 4.42 Å². The molecule has 4 heteroatoms. The van der Waals surface area contributed by atoms with Gasteiger partial charge in [0.25, 0.3) is 0 Å². The minimum atomic E-state index is 0.00804. The average Bonchev–Trinajstić information content (AvgIpc) is 2.74. The second kappa shape index (κ2) is 5.07. The minimum Gasteiger partial charge on any atom is -0.460 e. The Kier molecular flexibility index (Phi) is 3.51. The van der Waals surface area contributed by atoms with Crippen LogP contribution in [-0.2, 0) is 6.42 Å². The number of carbonyl (C=O) groups is 1.